The molecule has 5 nitrogen and oxygen atoms in total. The number of carboxylic acids is 1. The molecule has 0 spiro atoms. The zero-order valence-electron chi connectivity index (χ0n) is 11.6. The van der Waals surface area contributed by atoms with Crippen molar-refractivity contribution in [2.45, 2.75) is 12.6 Å². The largest absolute Gasteiger partial charge is 0.478 e. The van der Waals surface area contributed by atoms with Crippen LogP contribution in [0, 0.1) is 0 Å². The maximum absolute atomic E-state index is 11.0. The molecule has 1 fully saturated rings. The number of carboxylic acid groups (broad SMARTS) is 1. The second kappa shape index (κ2) is 6.11. The zero-order valence-corrected chi connectivity index (χ0v) is 11.6. The molecule has 1 aromatic heterocycles. The molecule has 0 saturated carbocycles. The minimum Gasteiger partial charge on any atom is -0.478 e. The molecule has 1 saturated heterocycles. The van der Waals surface area contributed by atoms with Crippen LogP contribution in [0.2, 0.25) is 0 Å². The van der Waals surface area contributed by atoms with Crippen LogP contribution in [0.1, 0.15) is 27.8 Å². The van der Waals surface area contributed by atoms with Crippen LogP contribution < -0.4 is 0 Å². The first-order chi connectivity index (χ1) is 10.2. The molecule has 2 heterocycles. The molecule has 0 bridgehead atoms. The monoisotopic (exact) mass is 287 g/mol. The molecule has 0 radical (unpaired) electrons. The molecule has 110 valence electrons. The van der Waals surface area contributed by atoms with Crippen molar-refractivity contribution in [3.8, 4) is 0 Å². The van der Waals surface area contributed by atoms with E-state index < -0.39 is 5.97 Å². The predicted molar refractivity (Wildman–Crippen MR) is 76.1 cm³/mol. The van der Waals surface area contributed by atoms with E-state index in [1.807, 2.05) is 18.2 Å². The second-order valence-electron chi connectivity index (χ2n) is 5.12. The highest BCUT2D eigenvalue weighted by molar-refractivity contribution is 5.87. The van der Waals surface area contributed by atoms with Crippen LogP contribution >= 0.6 is 0 Å². The van der Waals surface area contributed by atoms with E-state index in [1.54, 1.807) is 24.5 Å². The Labute approximate surface area is 122 Å². The third-order valence-corrected chi connectivity index (χ3v) is 3.59. The number of ether oxygens (including phenoxy) is 1. The fourth-order valence-electron chi connectivity index (χ4n) is 2.55. The van der Waals surface area contributed by atoms with Crippen molar-refractivity contribution in [1.82, 2.24) is 4.90 Å². The van der Waals surface area contributed by atoms with Crippen LogP contribution in [-0.2, 0) is 11.3 Å². The van der Waals surface area contributed by atoms with Gasteiger partial charge in [-0.3, -0.25) is 4.90 Å². The molecule has 0 amide bonds. The summed E-state index contributed by atoms with van der Waals surface area (Å²) in [5.74, 6) is -0.0636. The summed E-state index contributed by atoms with van der Waals surface area (Å²) in [7, 11) is 0. The Morgan fingerprint density at radius 1 is 1.33 bits per heavy atom. The maximum atomic E-state index is 11.0. The Balaban J connectivity index is 1.67. The normalized spacial score (nSPS) is 19.5. The standard InChI is InChI=1S/C16H17NO4/c18-16(19)13-4-1-3-12(9-13)10-17-6-8-21-15(11-17)14-5-2-7-20-14/h1-5,7,9,15H,6,8,10-11H2,(H,18,19). The summed E-state index contributed by atoms with van der Waals surface area (Å²) in [6.07, 6.45) is 1.59. The lowest BCUT2D eigenvalue weighted by molar-refractivity contribution is -0.0427. The van der Waals surface area contributed by atoms with Gasteiger partial charge in [0.2, 0.25) is 0 Å². The molecule has 1 aliphatic rings. The summed E-state index contributed by atoms with van der Waals surface area (Å²) in [5, 5.41) is 9.04. The van der Waals surface area contributed by atoms with Gasteiger partial charge in [0.15, 0.2) is 0 Å². The number of nitrogens with zero attached hydrogens (tertiary/aromatic N) is 1. The Kier molecular flexibility index (Phi) is 4.03. The first-order valence-electron chi connectivity index (χ1n) is 6.92. The van der Waals surface area contributed by atoms with Gasteiger partial charge in [0.25, 0.3) is 0 Å². The smallest absolute Gasteiger partial charge is 0.335 e. The van der Waals surface area contributed by atoms with E-state index in [0.29, 0.717) is 18.7 Å². The number of aromatic carboxylic acids is 1. The highest BCUT2D eigenvalue weighted by Crippen LogP contribution is 2.23. The predicted octanol–water partition coefficient (Wildman–Crippen LogP) is 2.55. The van der Waals surface area contributed by atoms with Crippen LogP contribution in [0.25, 0.3) is 0 Å². The van der Waals surface area contributed by atoms with Crippen molar-refractivity contribution in [3.05, 3.63) is 59.5 Å². The van der Waals surface area contributed by atoms with Gasteiger partial charge in [0, 0.05) is 19.6 Å². The Hall–Kier alpha value is -2.11. The number of hydrogen-bond acceptors (Lipinski definition) is 4. The summed E-state index contributed by atoms with van der Waals surface area (Å²) in [5.41, 5.74) is 1.32. The molecule has 1 atom stereocenters. The van der Waals surface area contributed by atoms with Gasteiger partial charge in [-0.1, -0.05) is 12.1 Å². The molecule has 3 rings (SSSR count). The highest BCUT2D eigenvalue weighted by Gasteiger charge is 2.24. The third kappa shape index (κ3) is 3.32. The number of furan rings is 1. The average Bonchev–Trinajstić information content (AvgIpc) is 3.02. The molecular formula is C16H17NO4. The van der Waals surface area contributed by atoms with E-state index in [1.165, 1.54) is 0 Å². The van der Waals surface area contributed by atoms with E-state index >= 15 is 0 Å². The highest BCUT2D eigenvalue weighted by atomic mass is 16.5. The van der Waals surface area contributed by atoms with Crippen molar-refractivity contribution in [2.24, 2.45) is 0 Å². The van der Waals surface area contributed by atoms with Gasteiger partial charge in [0.05, 0.1) is 18.4 Å². The van der Waals surface area contributed by atoms with Crippen molar-refractivity contribution in [1.29, 1.82) is 0 Å². The van der Waals surface area contributed by atoms with Crippen molar-refractivity contribution >= 4 is 5.97 Å². The Morgan fingerprint density at radius 2 is 2.24 bits per heavy atom. The minimum absolute atomic E-state index is 0.0589. The first-order valence-corrected chi connectivity index (χ1v) is 6.92. The fraction of sp³-hybridized carbons (Fsp3) is 0.312. The molecule has 21 heavy (non-hydrogen) atoms. The molecule has 1 N–H and O–H groups in total. The van der Waals surface area contributed by atoms with Crippen molar-refractivity contribution in [3.63, 3.8) is 0 Å². The first kappa shape index (κ1) is 13.9. The summed E-state index contributed by atoms with van der Waals surface area (Å²) in [6, 6.07) is 10.8. The number of rotatable bonds is 4. The van der Waals surface area contributed by atoms with Crippen molar-refractivity contribution < 1.29 is 19.1 Å². The van der Waals surface area contributed by atoms with Crippen LogP contribution in [0.4, 0.5) is 0 Å². The third-order valence-electron chi connectivity index (χ3n) is 3.59. The van der Waals surface area contributed by atoms with Gasteiger partial charge in [0.1, 0.15) is 11.9 Å². The van der Waals surface area contributed by atoms with E-state index in [0.717, 1.165) is 24.4 Å². The van der Waals surface area contributed by atoms with Crippen LogP contribution in [0.15, 0.2) is 47.1 Å². The molecule has 0 aliphatic carbocycles. The van der Waals surface area contributed by atoms with E-state index in [9.17, 15) is 4.79 Å². The van der Waals surface area contributed by atoms with E-state index in [-0.39, 0.29) is 6.10 Å². The average molecular weight is 287 g/mol. The number of benzene rings is 1. The topological polar surface area (TPSA) is 62.9 Å². The van der Waals surface area contributed by atoms with Gasteiger partial charge in [-0.2, -0.15) is 0 Å². The fourth-order valence-corrected chi connectivity index (χ4v) is 2.55. The van der Waals surface area contributed by atoms with Gasteiger partial charge < -0.3 is 14.3 Å². The zero-order chi connectivity index (χ0) is 14.7. The maximum Gasteiger partial charge on any atom is 0.335 e. The second-order valence-corrected chi connectivity index (χ2v) is 5.12. The molecule has 1 aromatic carbocycles. The van der Waals surface area contributed by atoms with Gasteiger partial charge in [-0.05, 0) is 29.8 Å². The number of carbonyl (C=O) groups is 1. The number of morpholine rings is 1. The summed E-state index contributed by atoms with van der Waals surface area (Å²) < 4.78 is 11.1. The summed E-state index contributed by atoms with van der Waals surface area (Å²) in [4.78, 5) is 13.3. The lowest BCUT2D eigenvalue weighted by atomic mass is 10.1. The van der Waals surface area contributed by atoms with Gasteiger partial charge in [-0.15, -0.1) is 0 Å². The SMILES string of the molecule is O=C(O)c1cccc(CN2CCOC(c3ccco3)C2)c1. The van der Waals surface area contributed by atoms with Gasteiger partial charge in [-0.25, -0.2) is 4.79 Å². The molecule has 2 aromatic rings. The molecule has 5 heteroatoms. The van der Waals surface area contributed by atoms with E-state index in [2.05, 4.69) is 4.90 Å². The summed E-state index contributed by atoms with van der Waals surface area (Å²) in [6.45, 7) is 2.92. The lowest BCUT2D eigenvalue weighted by Crippen LogP contribution is -2.37. The molecule has 1 unspecified atom stereocenters. The quantitative estimate of drug-likeness (QED) is 0.936. The summed E-state index contributed by atoms with van der Waals surface area (Å²) >= 11 is 0. The minimum atomic E-state index is -0.896. The number of hydrogen-bond donors (Lipinski definition) is 1. The van der Waals surface area contributed by atoms with E-state index in [4.69, 9.17) is 14.3 Å². The molecular weight excluding hydrogens is 270 g/mol. The van der Waals surface area contributed by atoms with Crippen LogP contribution in [-0.4, -0.2) is 35.7 Å². The Morgan fingerprint density at radius 3 is 3.00 bits per heavy atom. The Bertz CT molecular complexity index is 608. The van der Waals surface area contributed by atoms with Gasteiger partial charge >= 0.3 is 5.97 Å². The van der Waals surface area contributed by atoms with Crippen LogP contribution in [0.3, 0.4) is 0 Å². The van der Waals surface area contributed by atoms with Crippen LogP contribution in [0.5, 0.6) is 0 Å². The molecule has 1 aliphatic heterocycles. The van der Waals surface area contributed by atoms with Crippen molar-refractivity contribution in [2.75, 3.05) is 19.7 Å². The lowest BCUT2D eigenvalue weighted by Gasteiger charge is -2.32.